The van der Waals surface area contributed by atoms with Crippen LogP contribution in [-0.4, -0.2) is 22.5 Å². The van der Waals surface area contributed by atoms with Crippen LogP contribution in [0.3, 0.4) is 0 Å². The quantitative estimate of drug-likeness (QED) is 0.892. The number of para-hydroxylation sites is 1. The molecule has 2 aromatic rings. The third-order valence-electron chi connectivity index (χ3n) is 4.15. The third-order valence-corrected chi connectivity index (χ3v) is 6.54. The van der Waals surface area contributed by atoms with Gasteiger partial charge in [-0.2, -0.15) is 11.8 Å². The van der Waals surface area contributed by atoms with Crippen LogP contribution in [0, 0.1) is 0 Å². The number of thiazole rings is 1. The maximum absolute atomic E-state index is 4.78. The Morgan fingerprint density at radius 3 is 2.90 bits per heavy atom. The van der Waals surface area contributed by atoms with Gasteiger partial charge in [-0.1, -0.05) is 25.0 Å². The van der Waals surface area contributed by atoms with Crippen LogP contribution in [0.25, 0.3) is 10.2 Å². The minimum Gasteiger partial charge on any atom is -0.304 e. The van der Waals surface area contributed by atoms with Gasteiger partial charge in [0.1, 0.15) is 5.01 Å². The predicted octanol–water partition coefficient (Wildman–Crippen LogP) is 4.62. The Hall–Kier alpha value is -0.580. The first-order chi connectivity index (χ1) is 9.78. The average molecular weight is 307 g/mol. The largest absolute Gasteiger partial charge is 0.304 e. The van der Waals surface area contributed by atoms with Gasteiger partial charge in [-0.15, -0.1) is 11.3 Å². The van der Waals surface area contributed by atoms with E-state index < -0.39 is 0 Å². The fraction of sp³-hybridized carbons (Fsp3) is 0.562. The van der Waals surface area contributed by atoms with E-state index in [2.05, 4.69) is 42.8 Å². The average Bonchev–Trinajstić information content (AvgIpc) is 2.92. The van der Waals surface area contributed by atoms with Crippen LogP contribution >= 0.6 is 23.1 Å². The number of benzene rings is 1. The van der Waals surface area contributed by atoms with Crippen LogP contribution in [0.4, 0.5) is 0 Å². The molecule has 1 N–H and O–H groups in total. The lowest BCUT2D eigenvalue weighted by Crippen LogP contribution is -2.41. The number of thioether (sulfide) groups is 1. The van der Waals surface area contributed by atoms with Gasteiger partial charge in [-0.25, -0.2) is 4.98 Å². The second-order valence-corrected chi connectivity index (χ2v) is 7.71. The van der Waals surface area contributed by atoms with Gasteiger partial charge in [0.05, 0.1) is 16.3 Å². The molecule has 0 amide bonds. The zero-order valence-corrected chi connectivity index (χ0v) is 13.8. The van der Waals surface area contributed by atoms with E-state index in [0.717, 1.165) is 10.8 Å². The summed E-state index contributed by atoms with van der Waals surface area (Å²) in [6.45, 7) is 2.25. The molecule has 3 unspecified atom stereocenters. The standard InChI is InChI=1S/C16H22N2S2/c1-11(17-12-7-3-5-9-14(12)19-2)16-18-13-8-4-6-10-15(13)20-16/h4,6,8,10-12,14,17H,3,5,7,9H2,1-2H3. The van der Waals surface area contributed by atoms with Gasteiger partial charge in [-0.05, 0) is 38.2 Å². The van der Waals surface area contributed by atoms with Gasteiger partial charge in [-0.3, -0.25) is 0 Å². The lowest BCUT2D eigenvalue weighted by Gasteiger charge is -2.32. The summed E-state index contributed by atoms with van der Waals surface area (Å²) in [5, 5.41) is 5.81. The number of fused-ring (bicyclic) bond motifs is 1. The number of rotatable bonds is 4. The lowest BCUT2D eigenvalue weighted by atomic mass is 9.94. The Bertz CT molecular complexity index is 533. The predicted molar refractivity (Wildman–Crippen MR) is 90.7 cm³/mol. The molecule has 1 saturated carbocycles. The summed E-state index contributed by atoms with van der Waals surface area (Å²) in [7, 11) is 0. The molecule has 3 rings (SSSR count). The molecule has 2 nitrogen and oxygen atoms in total. The summed E-state index contributed by atoms with van der Waals surface area (Å²) >= 11 is 3.84. The molecule has 20 heavy (non-hydrogen) atoms. The van der Waals surface area contributed by atoms with Crippen LogP contribution in [0.1, 0.15) is 43.7 Å². The van der Waals surface area contributed by atoms with Crippen molar-refractivity contribution < 1.29 is 0 Å². The number of hydrogen-bond acceptors (Lipinski definition) is 4. The molecule has 0 spiro atoms. The van der Waals surface area contributed by atoms with E-state index in [4.69, 9.17) is 4.98 Å². The van der Waals surface area contributed by atoms with E-state index >= 15 is 0 Å². The van der Waals surface area contributed by atoms with Crippen molar-refractivity contribution in [3.05, 3.63) is 29.3 Å². The van der Waals surface area contributed by atoms with Crippen molar-refractivity contribution in [2.24, 2.45) is 0 Å². The van der Waals surface area contributed by atoms with Crippen LogP contribution in [-0.2, 0) is 0 Å². The fourth-order valence-corrected chi connectivity index (χ4v) is 4.96. The Morgan fingerprint density at radius 1 is 1.30 bits per heavy atom. The van der Waals surface area contributed by atoms with E-state index in [1.54, 1.807) is 0 Å². The molecule has 1 fully saturated rings. The minimum atomic E-state index is 0.352. The molecule has 4 heteroatoms. The highest BCUT2D eigenvalue weighted by Crippen LogP contribution is 2.31. The highest BCUT2D eigenvalue weighted by atomic mass is 32.2. The molecule has 0 bridgehead atoms. The summed E-state index contributed by atoms with van der Waals surface area (Å²) in [6, 6.07) is 9.41. The van der Waals surface area contributed by atoms with Crippen molar-refractivity contribution in [3.8, 4) is 0 Å². The Labute approximate surface area is 129 Å². The van der Waals surface area contributed by atoms with Crippen molar-refractivity contribution in [2.45, 2.75) is 49.9 Å². The number of hydrogen-bond donors (Lipinski definition) is 1. The molecule has 108 valence electrons. The molecule has 0 saturated heterocycles. The molecular weight excluding hydrogens is 284 g/mol. The Balaban J connectivity index is 1.73. The Kier molecular flexibility index (Phi) is 4.64. The van der Waals surface area contributed by atoms with Crippen molar-refractivity contribution in [2.75, 3.05) is 6.26 Å². The first kappa shape index (κ1) is 14.4. The van der Waals surface area contributed by atoms with Crippen LogP contribution in [0.2, 0.25) is 0 Å². The number of nitrogens with zero attached hydrogens (tertiary/aromatic N) is 1. The first-order valence-corrected chi connectivity index (χ1v) is 9.52. The van der Waals surface area contributed by atoms with E-state index in [0.29, 0.717) is 12.1 Å². The Morgan fingerprint density at radius 2 is 2.10 bits per heavy atom. The van der Waals surface area contributed by atoms with Gasteiger partial charge in [0.2, 0.25) is 0 Å². The summed E-state index contributed by atoms with van der Waals surface area (Å²) in [4.78, 5) is 4.78. The summed E-state index contributed by atoms with van der Waals surface area (Å²) < 4.78 is 1.29. The molecule has 1 aromatic heterocycles. The number of aromatic nitrogens is 1. The molecule has 1 heterocycles. The zero-order valence-electron chi connectivity index (χ0n) is 12.1. The van der Waals surface area contributed by atoms with Crippen molar-refractivity contribution in [1.82, 2.24) is 10.3 Å². The van der Waals surface area contributed by atoms with E-state index in [-0.39, 0.29) is 0 Å². The van der Waals surface area contributed by atoms with E-state index in [9.17, 15) is 0 Å². The highest BCUT2D eigenvalue weighted by Gasteiger charge is 2.26. The summed E-state index contributed by atoms with van der Waals surface area (Å²) in [5.41, 5.74) is 1.13. The van der Waals surface area contributed by atoms with Gasteiger partial charge >= 0.3 is 0 Å². The van der Waals surface area contributed by atoms with Crippen molar-refractivity contribution in [1.29, 1.82) is 0 Å². The lowest BCUT2D eigenvalue weighted by molar-refractivity contribution is 0.356. The topological polar surface area (TPSA) is 24.9 Å². The molecule has 1 aliphatic rings. The number of nitrogens with one attached hydrogen (secondary N) is 1. The van der Waals surface area contributed by atoms with Gasteiger partial charge in [0.15, 0.2) is 0 Å². The maximum atomic E-state index is 4.78. The molecule has 1 aliphatic carbocycles. The summed E-state index contributed by atoms with van der Waals surface area (Å²) in [6.07, 6.45) is 7.65. The molecule has 3 atom stereocenters. The van der Waals surface area contributed by atoms with Crippen molar-refractivity contribution >= 4 is 33.3 Å². The van der Waals surface area contributed by atoms with Crippen LogP contribution < -0.4 is 5.32 Å². The van der Waals surface area contributed by atoms with Crippen molar-refractivity contribution in [3.63, 3.8) is 0 Å². The zero-order chi connectivity index (χ0) is 13.9. The summed E-state index contributed by atoms with van der Waals surface area (Å²) in [5.74, 6) is 0. The third kappa shape index (κ3) is 3.02. The fourth-order valence-electron chi connectivity index (χ4n) is 3.04. The normalized spacial score (nSPS) is 24.9. The van der Waals surface area contributed by atoms with Crippen LogP contribution in [0.15, 0.2) is 24.3 Å². The smallest absolute Gasteiger partial charge is 0.111 e. The SMILES string of the molecule is CSC1CCCCC1NC(C)c1nc2ccccc2s1. The van der Waals surface area contributed by atoms with E-state index in [1.807, 2.05) is 23.1 Å². The second kappa shape index (κ2) is 6.46. The van der Waals surface area contributed by atoms with E-state index in [1.165, 1.54) is 35.4 Å². The molecule has 1 aromatic carbocycles. The van der Waals surface area contributed by atoms with Gasteiger partial charge in [0.25, 0.3) is 0 Å². The van der Waals surface area contributed by atoms with Gasteiger partial charge in [0, 0.05) is 11.3 Å². The molecule has 0 aliphatic heterocycles. The highest BCUT2D eigenvalue weighted by molar-refractivity contribution is 7.99. The van der Waals surface area contributed by atoms with Crippen LogP contribution in [0.5, 0.6) is 0 Å². The molecular formula is C16H22N2S2. The first-order valence-electron chi connectivity index (χ1n) is 7.42. The monoisotopic (exact) mass is 306 g/mol. The minimum absolute atomic E-state index is 0.352. The molecule has 0 radical (unpaired) electrons. The van der Waals surface area contributed by atoms with Gasteiger partial charge < -0.3 is 5.32 Å². The maximum Gasteiger partial charge on any atom is 0.111 e. The second-order valence-electron chi connectivity index (χ2n) is 5.57.